The van der Waals surface area contributed by atoms with E-state index in [1.54, 1.807) is 18.3 Å². The molecule has 0 amide bonds. The van der Waals surface area contributed by atoms with E-state index in [1.807, 2.05) is 18.2 Å². The van der Waals surface area contributed by atoms with Crippen LogP contribution in [0.3, 0.4) is 0 Å². The topological polar surface area (TPSA) is 72.0 Å². The van der Waals surface area contributed by atoms with Gasteiger partial charge in [0, 0.05) is 18.7 Å². The van der Waals surface area contributed by atoms with Crippen LogP contribution in [0.2, 0.25) is 0 Å². The van der Waals surface area contributed by atoms with Crippen LogP contribution in [0.15, 0.2) is 48.7 Å². The summed E-state index contributed by atoms with van der Waals surface area (Å²) >= 11 is 0. The number of nitrogens with two attached hydrogens (primary N) is 1. The Morgan fingerprint density at radius 3 is 2.72 bits per heavy atom. The van der Waals surface area contributed by atoms with Gasteiger partial charge in [0.15, 0.2) is 0 Å². The van der Waals surface area contributed by atoms with E-state index >= 15 is 0 Å². The number of benzene rings is 1. The van der Waals surface area contributed by atoms with Crippen molar-refractivity contribution in [2.24, 2.45) is 5.73 Å². The Balaban J connectivity index is 1.90. The minimum atomic E-state index is -0.0523. The third kappa shape index (κ3) is 3.31. The zero-order valence-corrected chi connectivity index (χ0v) is 9.97. The molecule has 0 aliphatic carbocycles. The Kier molecular flexibility index (Phi) is 3.91. The molecule has 0 fully saturated rings. The van der Waals surface area contributed by atoms with Gasteiger partial charge < -0.3 is 10.5 Å². The van der Waals surface area contributed by atoms with Gasteiger partial charge in [-0.1, -0.05) is 30.3 Å². The number of nitrogen functional groups attached to an aromatic ring is 1. The Labute approximate surface area is 106 Å². The summed E-state index contributed by atoms with van der Waals surface area (Å²) in [6.45, 7) is 0.589. The second kappa shape index (κ2) is 5.82. The van der Waals surface area contributed by atoms with Crippen LogP contribution in [-0.4, -0.2) is 17.4 Å². The summed E-state index contributed by atoms with van der Waals surface area (Å²) in [4.78, 5) is 3.98. The van der Waals surface area contributed by atoms with E-state index in [9.17, 15) is 0 Å². The highest BCUT2D eigenvalue weighted by atomic mass is 16.5. The molecule has 1 aromatic heterocycles. The van der Waals surface area contributed by atoms with Crippen LogP contribution in [0.25, 0.3) is 0 Å². The van der Waals surface area contributed by atoms with Crippen LogP contribution < -0.4 is 10.5 Å². The number of ether oxygens (including phenoxy) is 1. The van der Waals surface area contributed by atoms with Gasteiger partial charge in [-0.25, -0.2) is 0 Å². The Morgan fingerprint density at radius 2 is 2.00 bits per heavy atom. The molecule has 4 nitrogen and oxygen atoms in total. The van der Waals surface area contributed by atoms with Crippen molar-refractivity contribution < 1.29 is 4.74 Å². The average Bonchev–Trinajstić information content (AvgIpc) is 2.40. The zero-order chi connectivity index (χ0) is 12.8. The van der Waals surface area contributed by atoms with E-state index in [0.717, 1.165) is 6.42 Å². The molecule has 0 aliphatic rings. The number of hydrogen-bond donors (Lipinski definition) is 2. The standard InChI is InChI=1S/C14H15N3O/c15-14(16)13-10-12(6-8-17-13)18-9-7-11-4-2-1-3-5-11/h1-6,8,10H,7,9H2,(H3,15,16). The fraction of sp³-hybridized carbons (Fsp3) is 0.143. The molecule has 0 radical (unpaired) electrons. The summed E-state index contributed by atoms with van der Waals surface area (Å²) in [7, 11) is 0. The van der Waals surface area contributed by atoms with Crippen molar-refractivity contribution in [2.45, 2.75) is 6.42 Å². The lowest BCUT2D eigenvalue weighted by atomic mass is 10.2. The number of pyridine rings is 1. The minimum Gasteiger partial charge on any atom is -0.493 e. The van der Waals surface area contributed by atoms with E-state index in [2.05, 4.69) is 17.1 Å². The predicted octanol–water partition coefficient (Wildman–Crippen LogP) is 1.99. The summed E-state index contributed by atoms with van der Waals surface area (Å²) in [6, 6.07) is 13.6. The van der Waals surface area contributed by atoms with Gasteiger partial charge in [0.2, 0.25) is 0 Å². The molecule has 4 heteroatoms. The number of nitrogens with one attached hydrogen (secondary N) is 1. The van der Waals surface area contributed by atoms with Crippen molar-refractivity contribution in [2.75, 3.05) is 6.61 Å². The van der Waals surface area contributed by atoms with E-state index in [4.69, 9.17) is 15.9 Å². The molecular weight excluding hydrogens is 226 g/mol. The summed E-state index contributed by atoms with van der Waals surface area (Å²) in [5.74, 6) is 0.634. The van der Waals surface area contributed by atoms with Crippen molar-refractivity contribution in [1.82, 2.24) is 4.98 Å². The van der Waals surface area contributed by atoms with Crippen molar-refractivity contribution >= 4 is 5.84 Å². The number of amidine groups is 1. The zero-order valence-electron chi connectivity index (χ0n) is 9.97. The molecule has 2 aromatic rings. The van der Waals surface area contributed by atoms with Gasteiger partial charge in [0.05, 0.1) is 6.61 Å². The Morgan fingerprint density at radius 1 is 1.22 bits per heavy atom. The first-order valence-corrected chi connectivity index (χ1v) is 5.73. The van der Waals surface area contributed by atoms with E-state index in [-0.39, 0.29) is 5.84 Å². The van der Waals surface area contributed by atoms with Gasteiger partial charge in [0.25, 0.3) is 0 Å². The number of aromatic nitrogens is 1. The normalized spacial score (nSPS) is 10.0. The van der Waals surface area contributed by atoms with E-state index in [1.165, 1.54) is 5.56 Å². The lowest BCUT2D eigenvalue weighted by Gasteiger charge is -2.07. The molecular formula is C14H15N3O. The van der Waals surface area contributed by atoms with Gasteiger partial charge in [-0.2, -0.15) is 0 Å². The molecule has 92 valence electrons. The van der Waals surface area contributed by atoms with Crippen LogP contribution in [-0.2, 0) is 6.42 Å². The molecule has 0 atom stereocenters. The first-order chi connectivity index (χ1) is 8.75. The molecule has 0 unspecified atom stereocenters. The number of rotatable bonds is 5. The van der Waals surface area contributed by atoms with Crippen molar-refractivity contribution in [1.29, 1.82) is 5.41 Å². The monoisotopic (exact) mass is 241 g/mol. The number of nitrogens with zero attached hydrogens (tertiary/aromatic N) is 1. The first-order valence-electron chi connectivity index (χ1n) is 5.73. The lowest BCUT2D eigenvalue weighted by molar-refractivity contribution is 0.321. The maximum absolute atomic E-state index is 7.30. The molecule has 2 rings (SSSR count). The Bertz CT molecular complexity index is 526. The predicted molar refractivity (Wildman–Crippen MR) is 70.9 cm³/mol. The van der Waals surface area contributed by atoms with E-state index < -0.39 is 0 Å². The third-order valence-electron chi connectivity index (χ3n) is 2.51. The molecule has 0 saturated carbocycles. The first kappa shape index (κ1) is 12.1. The summed E-state index contributed by atoms with van der Waals surface area (Å²) in [5, 5.41) is 7.30. The fourth-order valence-electron chi connectivity index (χ4n) is 1.58. The van der Waals surface area contributed by atoms with Gasteiger partial charge in [-0.15, -0.1) is 0 Å². The minimum absolute atomic E-state index is 0.0523. The second-order valence-electron chi connectivity index (χ2n) is 3.87. The van der Waals surface area contributed by atoms with Crippen LogP contribution in [0.1, 0.15) is 11.3 Å². The van der Waals surface area contributed by atoms with Crippen molar-refractivity contribution in [3.63, 3.8) is 0 Å². The molecule has 18 heavy (non-hydrogen) atoms. The molecule has 1 aromatic carbocycles. The third-order valence-corrected chi connectivity index (χ3v) is 2.51. The highest BCUT2D eigenvalue weighted by molar-refractivity contribution is 5.93. The largest absolute Gasteiger partial charge is 0.493 e. The molecule has 0 bridgehead atoms. The van der Waals surface area contributed by atoms with Crippen LogP contribution in [0.4, 0.5) is 0 Å². The maximum Gasteiger partial charge on any atom is 0.141 e. The van der Waals surface area contributed by atoms with Gasteiger partial charge in [-0.3, -0.25) is 10.4 Å². The fourth-order valence-corrected chi connectivity index (χ4v) is 1.58. The summed E-state index contributed by atoms with van der Waals surface area (Å²) in [6.07, 6.45) is 2.44. The van der Waals surface area contributed by atoms with Crippen LogP contribution >= 0.6 is 0 Å². The molecule has 0 aliphatic heterocycles. The molecule has 0 saturated heterocycles. The summed E-state index contributed by atoms with van der Waals surface area (Å²) < 4.78 is 5.61. The van der Waals surface area contributed by atoms with E-state index in [0.29, 0.717) is 18.1 Å². The smallest absolute Gasteiger partial charge is 0.141 e. The average molecular weight is 241 g/mol. The maximum atomic E-state index is 7.30. The highest BCUT2D eigenvalue weighted by Crippen LogP contribution is 2.11. The summed E-state index contributed by atoms with van der Waals surface area (Å²) in [5.41, 5.74) is 7.04. The Hall–Kier alpha value is -2.36. The second-order valence-corrected chi connectivity index (χ2v) is 3.87. The van der Waals surface area contributed by atoms with Crippen molar-refractivity contribution in [3.05, 3.63) is 59.9 Å². The molecule has 3 N–H and O–H groups in total. The SMILES string of the molecule is N=C(N)c1cc(OCCc2ccccc2)ccn1. The van der Waals surface area contributed by atoms with Gasteiger partial charge in [0.1, 0.15) is 17.3 Å². The van der Waals surface area contributed by atoms with Crippen LogP contribution in [0.5, 0.6) is 5.75 Å². The molecule has 1 heterocycles. The highest BCUT2D eigenvalue weighted by Gasteiger charge is 2.01. The van der Waals surface area contributed by atoms with Crippen LogP contribution in [0, 0.1) is 5.41 Å². The lowest BCUT2D eigenvalue weighted by Crippen LogP contribution is -2.13. The quantitative estimate of drug-likeness (QED) is 0.621. The van der Waals surface area contributed by atoms with Crippen molar-refractivity contribution in [3.8, 4) is 5.75 Å². The number of hydrogen-bond acceptors (Lipinski definition) is 3. The van der Waals surface area contributed by atoms with Gasteiger partial charge in [-0.05, 0) is 11.6 Å². The van der Waals surface area contributed by atoms with Gasteiger partial charge >= 0.3 is 0 Å². The molecule has 0 spiro atoms.